The van der Waals surface area contributed by atoms with Crippen molar-refractivity contribution in [3.8, 4) is 0 Å². The lowest BCUT2D eigenvalue weighted by Crippen LogP contribution is -2.17. The Bertz CT molecular complexity index is 556. The molecule has 0 heteroatoms. The number of rotatable bonds is 6. The minimum atomic E-state index is 0.919. The van der Waals surface area contributed by atoms with E-state index in [1.54, 1.807) is 0 Å². The maximum Gasteiger partial charge on any atom is -0.0190 e. The summed E-state index contributed by atoms with van der Waals surface area (Å²) in [5.74, 6) is 1.85. The monoisotopic (exact) mass is 308 g/mol. The largest absolute Gasteiger partial charge is 0.0912 e. The Kier molecular flexibility index (Phi) is 6.89. The SMILES string of the molecule is C=C(/C=C\C(C)=C/C)c1ccc(CCC2CCCCC2C)cc1. The summed E-state index contributed by atoms with van der Waals surface area (Å²) in [6, 6.07) is 9.00. The highest BCUT2D eigenvalue weighted by atomic mass is 14.3. The van der Waals surface area contributed by atoms with Crippen LogP contribution in [0.25, 0.3) is 5.57 Å². The van der Waals surface area contributed by atoms with Crippen molar-refractivity contribution < 1.29 is 0 Å². The summed E-state index contributed by atoms with van der Waals surface area (Å²) in [6.45, 7) is 10.8. The fourth-order valence-corrected chi connectivity index (χ4v) is 3.48. The van der Waals surface area contributed by atoms with E-state index in [1.807, 2.05) is 0 Å². The molecule has 0 saturated heterocycles. The van der Waals surface area contributed by atoms with Crippen molar-refractivity contribution in [1.82, 2.24) is 0 Å². The number of aryl methyl sites for hydroxylation is 1. The third-order valence-electron chi connectivity index (χ3n) is 5.42. The van der Waals surface area contributed by atoms with Gasteiger partial charge in [0.25, 0.3) is 0 Å². The van der Waals surface area contributed by atoms with Crippen molar-refractivity contribution in [2.45, 2.75) is 59.3 Å². The van der Waals surface area contributed by atoms with Gasteiger partial charge >= 0.3 is 0 Å². The van der Waals surface area contributed by atoms with Gasteiger partial charge < -0.3 is 0 Å². The third kappa shape index (κ3) is 5.53. The lowest BCUT2D eigenvalue weighted by molar-refractivity contribution is 0.242. The molecule has 2 unspecified atom stereocenters. The van der Waals surface area contributed by atoms with E-state index in [1.165, 1.54) is 55.2 Å². The fraction of sp³-hybridized carbons (Fsp3) is 0.478. The summed E-state index contributed by atoms with van der Waals surface area (Å²) < 4.78 is 0. The van der Waals surface area contributed by atoms with Crippen molar-refractivity contribution in [1.29, 1.82) is 0 Å². The Labute approximate surface area is 143 Å². The Morgan fingerprint density at radius 3 is 2.48 bits per heavy atom. The van der Waals surface area contributed by atoms with E-state index in [2.05, 4.69) is 69.8 Å². The maximum atomic E-state index is 4.18. The summed E-state index contributed by atoms with van der Waals surface area (Å²) >= 11 is 0. The highest BCUT2D eigenvalue weighted by Gasteiger charge is 2.20. The molecule has 1 aromatic carbocycles. The fourth-order valence-electron chi connectivity index (χ4n) is 3.48. The molecule has 0 aromatic heterocycles. The Balaban J connectivity index is 1.89. The van der Waals surface area contributed by atoms with Gasteiger partial charge in [0.1, 0.15) is 0 Å². The predicted octanol–water partition coefficient (Wildman–Crippen LogP) is 6.98. The summed E-state index contributed by atoms with van der Waals surface area (Å²) in [7, 11) is 0. The molecule has 0 radical (unpaired) electrons. The van der Waals surface area contributed by atoms with Crippen LogP contribution < -0.4 is 0 Å². The zero-order valence-corrected chi connectivity index (χ0v) is 15.1. The van der Waals surface area contributed by atoms with E-state index in [0.29, 0.717) is 0 Å². The van der Waals surface area contributed by atoms with Gasteiger partial charge in [-0.25, -0.2) is 0 Å². The van der Waals surface area contributed by atoms with Crippen molar-refractivity contribution in [3.05, 3.63) is 65.8 Å². The molecule has 2 rings (SSSR count). The van der Waals surface area contributed by atoms with Crippen LogP contribution in [0.2, 0.25) is 0 Å². The first-order valence-corrected chi connectivity index (χ1v) is 9.19. The summed E-state index contributed by atoms with van der Waals surface area (Å²) in [6.07, 6.45) is 14.7. The molecule has 1 fully saturated rings. The molecule has 0 nitrogen and oxygen atoms in total. The molecular formula is C23H32. The van der Waals surface area contributed by atoms with Gasteiger partial charge in [-0.1, -0.05) is 87.3 Å². The molecule has 23 heavy (non-hydrogen) atoms. The minimum Gasteiger partial charge on any atom is -0.0912 e. The molecule has 1 aliphatic carbocycles. The number of hydrogen-bond donors (Lipinski definition) is 0. The van der Waals surface area contributed by atoms with E-state index in [0.717, 1.165) is 17.4 Å². The Morgan fingerprint density at radius 1 is 1.13 bits per heavy atom. The third-order valence-corrected chi connectivity index (χ3v) is 5.42. The van der Waals surface area contributed by atoms with Crippen LogP contribution in [0.1, 0.15) is 64.0 Å². The molecule has 0 aliphatic heterocycles. The quantitative estimate of drug-likeness (QED) is 0.497. The van der Waals surface area contributed by atoms with Crippen LogP contribution in [0.5, 0.6) is 0 Å². The molecule has 0 spiro atoms. The van der Waals surface area contributed by atoms with E-state index < -0.39 is 0 Å². The van der Waals surface area contributed by atoms with E-state index in [-0.39, 0.29) is 0 Å². The van der Waals surface area contributed by atoms with Gasteiger partial charge in [-0.05, 0) is 55.2 Å². The van der Waals surface area contributed by atoms with Gasteiger partial charge in [-0.15, -0.1) is 0 Å². The highest BCUT2D eigenvalue weighted by molar-refractivity contribution is 5.72. The van der Waals surface area contributed by atoms with Gasteiger partial charge in [0, 0.05) is 0 Å². The van der Waals surface area contributed by atoms with Crippen LogP contribution in [0.4, 0.5) is 0 Å². The molecule has 1 saturated carbocycles. The molecule has 0 N–H and O–H groups in total. The average molecular weight is 309 g/mol. The van der Waals surface area contributed by atoms with Crippen molar-refractivity contribution in [2.24, 2.45) is 11.8 Å². The molecule has 2 atom stereocenters. The lowest BCUT2D eigenvalue weighted by atomic mass is 9.77. The minimum absolute atomic E-state index is 0.919. The van der Waals surface area contributed by atoms with E-state index in [4.69, 9.17) is 0 Å². The maximum absolute atomic E-state index is 4.18. The van der Waals surface area contributed by atoms with Gasteiger partial charge in [0.2, 0.25) is 0 Å². The van der Waals surface area contributed by atoms with Crippen LogP contribution in [0.15, 0.2) is 54.6 Å². The second-order valence-corrected chi connectivity index (χ2v) is 7.15. The van der Waals surface area contributed by atoms with Crippen LogP contribution in [0.3, 0.4) is 0 Å². The van der Waals surface area contributed by atoms with Gasteiger partial charge in [-0.3, -0.25) is 0 Å². The zero-order valence-electron chi connectivity index (χ0n) is 15.1. The summed E-state index contributed by atoms with van der Waals surface area (Å²) in [5, 5.41) is 0. The Morgan fingerprint density at radius 2 is 1.83 bits per heavy atom. The smallest absolute Gasteiger partial charge is 0.0190 e. The van der Waals surface area contributed by atoms with E-state index >= 15 is 0 Å². The number of hydrogen-bond acceptors (Lipinski definition) is 0. The molecule has 124 valence electrons. The first-order valence-electron chi connectivity index (χ1n) is 9.19. The van der Waals surface area contributed by atoms with Crippen LogP contribution in [-0.4, -0.2) is 0 Å². The first-order chi connectivity index (χ1) is 11.1. The second-order valence-electron chi connectivity index (χ2n) is 7.15. The van der Waals surface area contributed by atoms with Crippen molar-refractivity contribution in [3.63, 3.8) is 0 Å². The van der Waals surface area contributed by atoms with Crippen LogP contribution in [0, 0.1) is 11.8 Å². The Hall–Kier alpha value is -1.56. The zero-order chi connectivity index (χ0) is 16.7. The second kappa shape index (κ2) is 8.91. The number of allylic oxidation sites excluding steroid dienone is 5. The molecule has 0 amide bonds. The van der Waals surface area contributed by atoms with Gasteiger partial charge in [-0.2, -0.15) is 0 Å². The van der Waals surface area contributed by atoms with Gasteiger partial charge in [0.05, 0.1) is 0 Å². The van der Waals surface area contributed by atoms with Gasteiger partial charge in [0.15, 0.2) is 0 Å². The number of benzene rings is 1. The standard InChI is InChI=1S/C23H32/c1-5-18(2)10-11-20(4)23-16-13-21(14-17-23)12-15-22-9-7-6-8-19(22)3/h5,10-11,13-14,16-17,19,22H,4,6-9,12,15H2,1-3H3/b11-10-,18-5-. The summed E-state index contributed by atoms with van der Waals surface area (Å²) in [4.78, 5) is 0. The van der Waals surface area contributed by atoms with Crippen LogP contribution >= 0.6 is 0 Å². The molecular weight excluding hydrogens is 276 g/mol. The molecule has 0 bridgehead atoms. The predicted molar refractivity (Wildman–Crippen MR) is 103 cm³/mol. The molecule has 1 aliphatic rings. The lowest BCUT2D eigenvalue weighted by Gasteiger charge is -2.28. The first kappa shape index (κ1) is 17.8. The normalized spacial score (nSPS) is 22.5. The van der Waals surface area contributed by atoms with Crippen molar-refractivity contribution >= 4 is 5.57 Å². The average Bonchev–Trinajstić information content (AvgIpc) is 2.59. The molecule has 0 heterocycles. The molecule has 1 aromatic rings. The van der Waals surface area contributed by atoms with E-state index in [9.17, 15) is 0 Å². The summed E-state index contributed by atoms with van der Waals surface area (Å²) in [5.41, 5.74) is 5.04. The van der Waals surface area contributed by atoms with Crippen molar-refractivity contribution in [2.75, 3.05) is 0 Å². The van der Waals surface area contributed by atoms with Crippen LogP contribution in [-0.2, 0) is 6.42 Å². The highest BCUT2D eigenvalue weighted by Crippen LogP contribution is 2.32. The topological polar surface area (TPSA) is 0 Å².